The Morgan fingerprint density at radius 2 is 2.05 bits per heavy atom. The van der Waals surface area contributed by atoms with E-state index in [-0.39, 0.29) is 48.9 Å². The number of ether oxygens (including phenoxy) is 1. The number of alkyl halides is 2. The zero-order chi connectivity index (χ0) is 30.7. The molecule has 4 aliphatic rings. The first kappa shape index (κ1) is 29.3. The zero-order valence-electron chi connectivity index (χ0n) is 23.5. The number of carboxylic acid groups (broad SMARTS) is 1. The van der Waals surface area contributed by atoms with E-state index in [1.807, 2.05) is 0 Å². The molecule has 2 aromatic rings. The number of hydrogen-bond acceptors (Lipinski definition) is 9. The number of nitrogens with one attached hydrogen (secondary N) is 1. The van der Waals surface area contributed by atoms with Gasteiger partial charge in [0.1, 0.15) is 17.8 Å². The number of fused-ring (bicyclic) bond motifs is 1. The van der Waals surface area contributed by atoms with E-state index in [4.69, 9.17) is 9.73 Å². The topological polar surface area (TPSA) is 124 Å². The van der Waals surface area contributed by atoms with Gasteiger partial charge in [-0.2, -0.15) is 0 Å². The summed E-state index contributed by atoms with van der Waals surface area (Å²) >= 11 is 1.28. The van der Waals surface area contributed by atoms with Crippen molar-refractivity contribution < 1.29 is 37.4 Å². The minimum absolute atomic E-state index is 0.0365. The number of aromatic nitrogens is 1. The van der Waals surface area contributed by atoms with Gasteiger partial charge in [-0.15, -0.1) is 11.3 Å². The molecule has 4 heterocycles. The number of benzene rings is 1. The van der Waals surface area contributed by atoms with E-state index in [1.54, 1.807) is 31.5 Å². The number of esters is 1. The standard InChI is InChI=1S/C29H30F3N5O5S/c1-3-42-26(39)20-18(34-23(24-33-9-10-43-24)35-22(20)16-5-4-6-17(30)15(16)2)11-36-14-29(31,32)21-19(36)12-37(25(21)38)13-28(7-8-28)27(40)41/h4-6,9-10,19,21-22H,3,7-8,11-14H2,1-2H3,(H,34,35)(H,40,41). The smallest absolute Gasteiger partial charge is 0.338 e. The number of carboxylic acids is 1. The maximum atomic E-state index is 15.4. The molecule has 1 amide bonds. The second-order valence-electron chi connectivity index (χ2n) is 11.4. The molecule has 14 heteroatoms. The predicted molar refractivity (Wildman–Crippen MR) is 149 cm³/mol. The van der Waals surface area contributed by atoms with E-state index >= 15 is 8.78 Å². The molecule has 1 aromatic heterocycles. The predicted octanol–water partition coefficient (Wildman–Crippen LogP) is 3.14. The lowest BCUT2D eigenvalue weighted by Crippen LogP contribution is -2.44. The molecule has 6 rings (SSSR count). The molecule has 3 unspecified atom stereocenters. The largest absolute Gasteiger partial charge is 0.481 e. The number of halogens is 3. The van der Waals surface area contributed by atoms with Crippen molar-refractivity contribution in [1.82, 2.24) is 20.1 Å². The number of nitrogens with zero attached hydrogens (tertiary/aromatic N) is 4. The Hall–Kier alpha value is -3.78. The van der Waals surface area contributed by atoms with Crippen molar-refractivity contribution in [1.29, 1.82) is 0 Å². The number of carbonyl (C=O) groups is 3. The number of thiazole rings is 1. The zero-order valence-corrected chi connectivity index (χ0v) is 24.3. The van der Waals surface area contributed by atoms with Crippen LogP contribution in [0.25, 0.3) is 0 Å². The first-order valence-electron chi connectivity index (χ1n) is 14.0. The van der Waals surface area contributed by atoms with Gasteiger partial charge in [-0.05, 0) is 43.9 Å². The summed E-state index contributed by atoms with van der Waals surface area (Å²) in [6, 6.07) is 2.52. The third-order valence-electron chi connectivity index (χ3n) is 8.73. The van der Waals surface area contributed by atoms with Crippen molar-refractivity contribution in [2.45, 2.75) is 44.7 Å². The van der Waals surface area contributed by atoms with Gasteiger partial charge in [0.2, 0.25) is 5.91 Å². The number of amides is 1. The average molecular weight is 618 g/mol. The number of amidine groups is 1. The molecule has 2 N–H and O–H groups in total. The second kappa shape index (κ2) is 10.7. The van der Waals surface area contributed by atoms with Crippen LogP contribution in [0.3, 0.4) is 0 Å². The van der Waals surface area contributed by atoms with E-state index in [0.29, 0.717) is 23.4 Å². The number of likely N-dealkylation sites (tertiary alicyclic amines) is 2. The highest BCUT2D eigenvalue weighted by atomic mass is 32.1. The number of carbonyl (C=O) groups excluding carboxylic acids is 2. The lowest BCUT2D eigenvalue weighted by Gasteiger charge is -2.32. The quantitative estimate of drug-likeness (QED) is 0.412. The highest BCUT2D eigenvalue weighted by Crippen LogP contribution is 2.50. The van der Waals surface area contributed by atoms with Crippen molar-refractivity contribution in [2.24, 2.45) is 16.3 Å². The normalized spacial score (nSPS) is 25.8. The van der Waals surface area contributed by atoms with Crippen molar-refractivity contribution in [3.05, 3.63) is 63.0 Å². The maximum absolute atomic E-state index is 15.4. The van der Waals surface area contributed by atoms with Gasteiger partial charge in [-0.25, -0.2) is 22.9 Å². The minimum atomic E-state index is -3.37. The fourth-order valence-corrected chi connectivity index (χ4v) is 6.88. The van der Waals surface area contributed by atoms with Gasteiger partial charge in [0.05, 0.1) is 24.1 Å². The number of aliphatic carboxylic acids is 1. The third kappa shape index (κ3) is 5.09. The monoisotopic (exact) mass is 617 g/mol. The summed E-state index contributed by atoms with van der Waals surface area (Å²) in [5.41, 5.74) is -0.125. The first-order valence-corrected chi connectivity index (χ1v) is 14.9. The summed E-state index contributed by atoms with van der Waals surface area (Å²) in [5, 5.41) is 15.0. The van der Waals surface area contributed by atoms with Gasteiger partial charge < -0.3 is 20.1 Å². The van der Waals surface area contributed by atoms with Gasteiger partial charge in [-0.3, -0.25) is 19.5 Å². The summed E-state index contributed by atoms with van der Waals surface area (Å²) in [7, 11) is 0. The molecule has 1 aromatic carbocycles. The Morgan fingerprint density at radius 1 is 1.28 bits per heavy atom. The summed E-state index contributed by atoms with van der Waals surface area (Å²) in [4.78, 5) is 50.2. The van der Waals surface area contributed by atoms with Crippen molar-refractivity contribution in [3.8, 4) is 0 Å². The van der Waals surface area contributed by atoms with Crippen LogP contribution in [-0.4, -0.2) is 88.3 Å². The molecule has 3 fully saturated rings. The Bertz CT molecular complexity index is 1540. The van der Waals surface area contributed by atoms with E-state index in [9.17, 15) is 23.9 Å². The van der Waals surface area contributed by atoms with Crippen LogP contribution in [0.2, 0.25) is 0 Å². The SMILES string of the molecule is CCOC(=O)C1=C(CN2CC(F)(F)C3C(=O)N(CC4(C(=O)O)CC4)CC32)NC(c2nccs2)=NC1c1cccc(F)c1C. The summed E-state index contributed by atoms with van der Waals surface area (Å²) in [6.45, 7) is 2.14. The van der Waals surface area contributed by atoms with Crippen LogP contribution in [-0.2, 0) is 19.1 Å². The molecular formula is C29H30F3N5O5S. The average Bonchev–Trinajstić information content (AvgIpc) is 3.27. The highest BCUT2D eigenvalue weighted by Gasteiger charge is 2.64. The van der Waals surface area contributed by atoms with Crippen molar-refractivity contribution >= 4 is 35.0 Å². The Morgan fingerprint density at radius 3 is 2.70 bits per heavy atom. The van der Waals surface area contributed by atoms with Crippen LogP contribution in [0.15, 0.2) is 46.0 Å². The van der Waals surface area contributed by atoms with Crippen LogP contribution < -0.4 is 5.32 Å². The number of rotatable bonds is 9. The lowest BCUT2D eigenvalue weighted by atomic mass is 9.92. The number of aliphatic imine (C=N–C) groups is 1. The molecule has 1 saturated carbocycles. The molecule has 228 valence electrons. The molecule has 10 nitrogen and oxygen atoms in total. The molecule has 3 atom stereocenters. The Labute approximate surface area is 249 Å². The number of hydrogen-bond donors (Lipinski definition) is 2. The molecule has 3 aliphatic heterocycles. The van der Waals surface area contributed by atoms with Crippen LogP contribution in [0, 0.1) is 24.1 Å². The molecule has 0 spiro atoms. The first-order chi connectivity index (χ1) is 20.5. The van der Waals surface area contributed by atoms with Crippen LogP contribution in [0.4, 0.5) is 13.2 Å². The molecule has 1 aliphatic carbocycles. The second-order valence-corrected chi connectivity index (χ2v) is 12.3. The highest BCUT2D eigenvalue weighted by molar-refractivity contribution is 7.11. The fourth-order valence-electron chi connectivity index (χ4n) is 6.30. The Kier molecular flexibility index (Phi) is 7.32. The van der Waals surface area contributed by atoms with Crippen molar-refractivity contribution in [2.75, 3.05) is 32.8 Å². The van der Waals surface area contributed by atoms with Crippen molar-refractivity contribution in [3.63, 3.8) is 0 Å². The van der Waals surface area contributed by atoms with Crippen LogP contribution >= 0.6 is 11.3 Å². The molecule has 2 saturated heterocycles. The molecule has 0 bridgehead atoms. The van der Waals surface area contributed by atoms with Crippen LogP contribution in [0.5, 0.6) is 0 Å². The minimum Gasteiger partial charge on any atom is -0.481 e. The van der Waals surface area contributed by atoms with Gasteiger partial charge in [-0.1, -0.05) is 12.1 Å². The fraction of sp³-hybridized carbons (Fsp3) is 0.483. The van der Waals surface area contributed by atoms with E-state index in [0.717, 1.165) is 0 Å². The van der Waals surface area contributed by atoms with E-state index < -0.39 is 59.5 Å². The van der Waals surface area contributed by atoms with Gasteiger partial charge in [0.15, 0.2) is 10.8 Å². The van der Waals surface area contributed by atoms with E-state index in [2.05, 4.69) is 10.3 Å². The Balaban J connectivity index is 1.39. The molecular weight excluding hydrogens is 587 g/mol. The molecule has 0 radical (unpaired) electrons. The van der Waals surface area contributed by atoms with Crippen LogP contribution in [0.1, 0.15) is 41.9 Å². The maximum Gasteiger partial charge on any atom is 0.338 e. The third-order valence-corrected chi connectivity index (χ3v) is 9.51. The summed E-state index contributed by atoms with van der Waals surface area (Å²) < 4.78 is 51.0. The molecule has 43 heavy (non-hydrogen) atoms. The van der Waals surface area contributed by atoms with E-state index in [1.165, 1.54) is 33.3 Å². The van der Waals surface area contributed by atoms with Gasteiger partial charge in [0, 0.05) is 43.0 Å². The van der Waals surface area contributed by atoms with Gasteiger partial charge >= 0.3 is 11.9 Å². The summed E-state index contributed by atoms with van der Waals surface area (Å²) in [5.74, 6) is -7.75. The van der Waals surface area contributed by atoms with Gasteiger partial charge in [0.25, 0.3) is 5.92 Å². The lowest BCUT2D eigenvalue weighted by molar-refractivity contribution is -0.147. The summed E-state index contributed by atoms with van der Waals surface area (Å²) in [6.07, 6.45) is 2.35.